The van der Waals surface area contributed by atoms with Gasteiger partial charge < -0.3 is 14.7 Å². The van der Waals surface area contributed by atoms with Crippen LogP contribution in [0.4, 0.5) is 5.82 Å². The molecule has 1 unspecified atom stereocenters. The van der Waals surface area contributed by atoms with Gasteiger partial charge in [-0.25, -0.2) is 14.8 Å². The molecule has 2 heterocycles. The zero-order chi connectivity index (χ0) is 12.3. The van der Waals surface area contributed by atoms with Crippen molar-refractivity contribution < 1.29 is 14.6 Å². The second-order valence-corrected chi connectivity index (χ2v) is 4.19. The molecule has 0 amide bonds. The number of hydrogen-bond acceptors (Lipinski definition) is 5. The molecule has 1 aliphatic rings. The van der Waals surface area contributed by atoms with Crippen molar-refractivity contribution in [3.8, 4) is 0 Å². The van der Waals surface area contributed by atoms with Crippen molar-refractivity contribution in [3.63, 3.8) is 0 Å². The van der Waals surface area contributed by atoms with E-state index in [2.05, 4.69) is 21.8 Å². The molecular weight excluding hydrogens is 222 g/mol. The molecule has 0 spiro atoms. The van der Waals surface area contributed by atoms with Crippen LogP contribution in [0.5, 0.6) is 0 Å². The van der Waals surface area contributed by atoms with Crippen LogP contribution in [0.3, 0.4) is 0 Å². The smallest absolute Gasteiger partial charge is 0.356 e. The standard InChI is InChI=1S/C11H15N3O3/c1-8-6-14(2-3-17-7-8)10-5-12-9(4-13-10)11(15)16/h4-5,8H,2-3,6-7H2,1H3,(H,15,16). The summed E-state index contributed by atoms with van der Waals surface area (Å²) in [6.45, 7) is 5.12. The molecule has 6 nitrogen and oxygen atoms in total. The third-order valence-electron chi connectivity index (χ3n) is 2.62. The molecular formula is C11H15N3O3. The zero-order valence-corrected chi connectivity index (χ0v) is 9.67. The summed E-state index contributed by atoms with van der Waals surface area (Å²) in [5.74, 6) is 0.0717. The number of aromatic carboxylic acids is 1. The van der Waals surface area contributed by atoms with Crippen LogP contribution in [0, 0.1) is 5.92 Å². The van der Waals surface area contributed by atoms with Crippen LogP contribution < -0.4 is 4.90 Å². The van der Waals surface area contributed by atoms with Gasteiger partial charge in [0, 0.05) is 13.1 Å². The van der Waals surface area contributed by atoms with Crippen molar-refractivity contribution in [3.05, 3.63) is 18.1 Å². The Morgan fingerprint density at radius 1 is 1.53 bits per heavy atom. The molecule has 0 radical (unpaired) electrons. The lowest BCUT2D eigenvalue weighted by atomic mass is 10.2. The highest BCUT2D eigenvalue weighted by atomic mass is 16.5. The second kappa shape index (κ2) is 5.09. The minimum absolute atomic E-state index is 0.0344. The molecule has 1 atom stereocenters. The van der Waals surface area contributed by atoms with E-state index >= 15 is 0 Å². The summed E-state index contributed by atoms with van der Waals surface area (Å²) in [5, 5.41) is 8.74. The summed E-state index contributed by atoms with van der Waals surface area (Å²) in [7, 11) is 0. The first kappa shape index (κ1) is 11.8. The molecule has 1 fully saturated rings. The number of ether oxygens (including phenoxy) is 1. The fraction of sp³-hybridized carbons (Fsp3) is 0.545. The molecule has 1 saturated heterocycles. The Kier molecular flexibility index (Phi) is 3.53. The third kappa shape index (κ3) is 2.91. The fourth-order valence-corrected chi connectivity index (χ4v) is 1.78. The van der Waals surface area contributed by atoms with Gasteiger partial charge in [-0.15, -0.1) is 0 Å². The first-order chi connectivity index (χ1) is 8.16. The molecule has 17 heavy (non-hydrogen) atoms. The number of rotatable bonds is 2. The number of nitrogens with zero attached hydrogens (tertiary/aromatic N) is 3. The van der Waals surface area contributed by atoms with Gasteiger partial charge in [-0.05, 0) is 5.92 Å². The zero-order valence-electron chi connectivity index (χ0n) is 9.67. The van der Waals surface area contributed by atoms with E-state index in [-0.39, 0.29) is 5.69 Å². The lowest BCUT2D eigenvalue weighted by Gasteiger charge is -2.22. The van der Waals surface area contributed by atoms with Gasteiger partial charge in [-0.2, -0.15) is 0 Å². The molecule has 1 aromatic heterocycles. The summed E-state index contributed by atoms with van der Waals surface area (Å²) in [5.41, 5.74) is -0.0344. The van der Waals surface area contributed by atoms with Gasteiger partial charge in [0.25, 0.3) is 0 Å². The van der Waals surface area contributed by atoms with E-state index in [0.29, 0.717) is 18.3 Å². The summed E-state index contributed by atoms with van der Waals surface area (Å²) < 4.78 is 5.44. The number of carboxylic acids is 1. The van der Waals surface area contributed by atoms with E-state index in [9.17, 15) is 4.79 Å². The number of carboxylic acid groups (broad SMARTS) is 1. The average molecular weight is 237 g/mol. The minimum Gasteiger partial charge on any atom is -0.476 e. The van der Waals surface area contributed by atoms with Crippen LogP contribution in [0.15, 0.2) is 12.4 Å². The number of hydrogen-bond donors (Lipinski definition) is 1. The summed E-state index contributed by atoms with van der Waals surface area (Å²) in [4.78, 5) is 20.7. The van der Waals surface area contributed by atoms with Crippen LogP contribution in [-0.4, -0.2) is 47.3 Å². The topological polar surface area (TPSA) is 75.5 Å². The Hall–Kier alpha value is -1.69. The van der Waals surface area contributed by atoms with Gasteiger partial charge in [0.2, 0.25) is 0 Å². The van der Waals surface area contributed by atoms with Gasteiger partial charge >= 0.3 is 5.97 Å². The normalized spacial score (nSPS) is 21.0. The van der Waals surface area contributed by atoms with Crippen molar-refractivity contribution >= 4 is 11.8 Å². The summed E-state index contributed by atoms with van der Waals surface area (Å²) >= 11 is 0. The number of anilines is 1. The van der Waals surface area contributed by atoms with Crippen molar-refractivity contribution in [2.75, 3.05) is 31.2 Å². The summed E-state index contributed by atoms with van der Waals surface area (Å²) in [6.07, 6.45) is 2.79. The molecule has 92 valence electrons. The lowest BCUT2D eigenvalue weighted by Crippen LogP contribution is -2.30. The number of carbonyl (C=O) groups is 1. The van der Waals surface area contributed by atoms with E-state index in [1.165, 1.54) is 12.4 Å². The Bertz CT molecular complexity index is 393. The average Bonchev–Trinajstić information content (AvgIpc) is 2.54. The monoisotopic (exact) mass is 237 g/mol. The molecule has 6 heteroatoms. The molecule has 0 saturated carbocycles. The molecule has 0 aromatic carbocycles. The predicted octanol–water partition coefficient (Wildman–Crippen LogP) is 0.648. The SMILES string of the molecule is CC1COCCN(c2cnc(C(=O)O)cn2)C1. The van der Waals surface area contributed by atoms with E-state index in [1.807, 2.05) is 0 Å². The van der Waals surface area contributed by atoms with Crippen LogP contribution in [0.1, 0.15) is 17.4 Å². The maximum Gasteiger partial charge on any atom is 0.356 e. The number of aromatic nitrogens is 2. The summed E-state index contributed by atoms with van der Waals surface area (Å²) in [6, 6.07) is 0. The highest BCUT2D eigenvalue weighted by molar-refractivity contribution is 5.84. The van der Waals surface area contributed by atoms with Crippen molar-refractivity contribution in [2.24, 2.45) is 5.92 Å². The van der Waals surface area contributed by atoms with Crippen molar-refractivity contribution in [1.82, 2.24) is 9.97 Å². The molecule has 0 aliphatic carbocycles. The van der Waals surface area contributed by atoms with Crippen LogP contribution in [0.25, 0.3) is 0 Å². The van der Waals surface area contributed by atoms with Crippen LogP contribution in [-0.2, 0) is 4.74 Å². The Morgan fingerprint density at radius 3 is 3.00 bits per heavy atom. The van der Waals surface area contributed by atoms with E-state index < -0.39 is 5.97 Å². The van der Waals surface area contributed by atoms with E-state index in [0.717, 1.165) is 19.7 Å². The van der Waals surface area contributed by atoms with Crippen molar-refractivity contribution in [2.45, 2.75) is 6.92 Å². The van der Waals surface area contributed by atoms with Crippen LogP contribution in [0.2, 0.25) is 0 Å². The molecule has 1 aliphatic heterocycles. The largest absolute Gasteiger partial charge is 0.476 e. The van der Waals surface area contributed by atoms with E-state index in [4.69, 9.17) is 9.84 Å². The highest BCUT2D eigenvalue weighted by Crippen LogP contribution is 2.14. The molecule has 2 rings (SSSR count). The van der Waals surface area contributed by atoms with Gasteiger partial charge in [-0.1, -0.05) is 6.92 Å². The quantitative estimate of drug-likeness (QED) is 0.813. The molecule has 1 aromatic rings. The van der Waals surface area contributed by atoms with Gasteiger partial charge in [0.15, 0.2) is 5.69 Å². The van der Waals surface area contributed by atoms with E-state index in [1.54, 1.807) is 0 Å². The predicted molar refractivity (Wildman–Crippen MR) is 61.2 cm³/mol. The van der Waals surface area contributed by atoms with Gasteiger partial charge in [0.1, 0.15) is 5.82 Å². The van der Waals surface area contributed by atoms with Crippen LogP contribution >= 0.6 is 0 Å². The Labute approximate surface area is 99.2 Å². The maximum atomic E-state index is 10.7. The lowest BCUT2D eigenvalue weighted by molar-refractivity contribution is 0.0690. The highest BCUT2D eigenvalue weighted by Gasteiger charge is 2.17. The first-order valence-electron chi connectivity index (χ1n) is 5.55. The Morgan fingerprint density at radius 2 is 2.35 bits per heavy atom. The minimum atomic E-state index is -1.06. The fourth-order valence-electron chi connectivity index (χ4n) is 1.78. The van der Waals surface area contributed by atoms with Crippen molar-refractivity contribution in [1.29, 1.82) is 0 Å². The Balaban J connectivity index is 2.12. The van der Waals surface area contributed by atoms with Gasteiger partial charge in [-0.3, -0.25) is 0 Å². The first-order valence-corrected chi connectivity index (χ1v) is 5.55. The maximum absolute atomic E-state index is 10.7. The third-order valence-corrected chi connectivity index (χ3v) is 2.62. The molecule has 1 N–H and O–H groups in total. The second-order valence-electron chi connectivity index (χ2n) is 4.19. The molecule has 0 bridgehead atoms. The van der Waals surface area contributed by atoms with Gasteiger partial charge in [0.05, 0.1) is 25.6 Å².